The standard InChI is InChI=1S/C17H11N3O3/c21-17(22)14-9-23-16(20-14)11-7-5-10(6-8-11)15-18-12-3-1-2-4-13(12)19-15/h1-9H,(H,18,19)(H,21,22). The molecule has 0 atom stereocenters. The molecule has 0 bridgehead atoms. The van der Waals surface area contributed by atoms with Crippen LogP contribution >= 0.6 is 0 Å². The van der Waals surface area contributed by atoms with Crippen LogP contribution in [-0.2, 0) is 0 Å². The van der Waals surface area contributed by atoms with E-state index in [0.717, 1.165) is 28.7 Å². The number of benzene rings is 2. The molecule has 2 N–H and O–H groups in total. The second kappa shape index (κ2) is 5.10. The SMILES string of the molecule is O=C(O)c1coc(-c2ccc(-c3nc4ccccc4[nH]3)cc2)n1. The highest BCUT2D eigenvalue weighted by Gasteiger charge is 2.12. The third-order valence-corrected chi connectivity index (χ3v) is 3.52. The highest BCUT2D eigenvalue weighted by Crippen LogP contribution is 2.24. The second-order valence-corrected chi connectivity index (χ2v) is 5.02. The lowest BCUT2D eigenvalue weighted by Crippen LogP contribution is -1.95. The van der Waals surface area contributed by atoms with E-state index in [1.807, 2.05) is 48.5 Å². The molecule has 2 aromatic carbocycles. The number of hydrogen-bond donors (Lipinski definition) is 2. The van der Waals surface area contributed by atoms with Crippen LogP contribution in [-0.4, -0.2) is 26.0 Å². The van der Waals surface area contributed by atoms with Crippen LogP contribution in [0.2, 0.25) is 0 Å². The molecule has 0 aliphatic rings. The number of carboxylic acids is 1. The summed E-state index contributed by atoms with van der Waals surface area (Å²) in [7, 11) is 0. The van der Waals surface area contributed by atoms with Crippen LogP contribution in [0.1, 0.15) is 10.5 Å². The van der Waals surface area contributed by atoms with Gasteiger partial charge in [0.05, 0.1) is 11.0 Å². The zero-order valence-corrected chi connectivity index (χ0v) is 11.9. The van der Waals surface area contributed by atoms with Crippen molar-refractivity contribution in [3.63, 3.8) is 0 Å². The van der Waals surface area contributed by atoms with Gasteiger partial charge in [-0.05, 0) is 24.3 Å². The van der Waals surface area contributed by atoms with Crippen LogP contribution < -0.4 is 0 Å². The molecular formula is C17H11N3O3. The lowest BCUT2D eigenvalue weighted by Gasteiger charge is -1.98. The number of aromatic amines is 1. The fourth-order valence-corrected chi connectivity index (χ4v) is 2.36. The molecule has 0 unspecified atom stereocenters. The molecule has 2 heterocycles. The number of aromatic carboxylic acids is 1. The Morgan fingerprint density at radius 2 is 1.74 bits per heavy atom. The van der Waals surface area contributed by atoms with Gasteiger partial charge in [-0.3, -0.25) is 0 Å². The molecule has 0 radical (unpaired) electrons. The van der Waals surface area contributed by atoms with E-state index < -0.39 is 5.97 Å². The summed E-state index contributed by atoms with van der Waals surface area (Å²) < 4.78 is 5.19. The van der Waals surface area contributed by atoms with Crippen molar-refractivity contribution < 1.29 is 14.3 Å². The Morgan fingerprint density at radius 1 is 1.00 bits per heavy atom. The van der Waals surface area contributed by atoms with Gasteiger partial charge in [0.15, 0.2) is 5.69 Å². The highest BCUT2D eigenvalue weighted by molar-refractivity contribution is 5.85. The van der Waals surface area contributed by atoms with E-state index in [1.165, 1.54) is 0 Å². The molecule has 0 aliphatic carbocycles. The molecule has 0 spiro atoms. The van der Waals surface area contributed by atoms with Crippen molar-refractivity contribution in [3.8, 4) is 22.8 Å². The van der Waals surface area contributed by atoms with Gasteiger partial charge in [-0.2, -0.15) is 0 Å². The van der Waals surface area contributed by atoms with Crippen LogP contribution in [0.4, 0.5) is 0 Å². The van der Waals surface area contributed by atoms with Gasteiger partial charge in [0.1, 0.15) is 12.1 Å². The monoisotopic (exact) mass is 305 g/mol. The predicted octanol–water partition coefficient (Wildman–Crippen LogP) is 3.58. The zero-order valence-electron chi connectivity index (χ0n) is 11.9. The maximum Gasteiger partial charge on any atom is 0.357 e. The molecule has 0 saturated carbocycles. The molecule has 4 aromatic rings. The summed E-state index contributed by atoms with van der Waals surface area (Å²) in [5.74, 6) is -0.0613. The average Bonchev–Trinajstić information content (AvgIpc) is 3.22. The van der Waals surface area contributed by atoms with Gasteiger partial charge >= 0.3 is 5.97 Å². The molecule has 4 rings (SSSR count). The number of hydrogen-bond acceptors (Lipinski definition) is 4. The van der Waals surface area contributed by atoms with E-state index in [1.54, 1.807) is 0 Å². The molecule has 0 fully saturated rings. The Labute approximate surface area is 130 Å². The largest absolute Gasteiger partial charge is 0.476 e. The van der Waals surface area contributed by atoms with Crippen molar-refractivity contribution in [2.45, 2.75) is 0 Å². The summed E-state index contributed by atoms with van der Waals surface area (Å²) in [5, 5.41) is 8.87. The van der Waals surface area contributed by atoms with Gasteiger partial charge in [-0.15, -0.1) is 0 Å². The van der Waals surface area contributed by atoms with E-state index in [0.29, 0.717) is 5.56 Å². The van der Waals surface area contributed by atoms with Crippen LogP contribution in [0.15, 0.2) is 59.2 Å². The number of rotatable bonds is 3. The van der Waals surface area contributed by atoms with Crippen LogP contribution in [0, 0.1) is 0 Å². The van der Waals surface area contributed by atoms with Gasteiger partial charge < -0.3 is 14.5 Å². The van der Waals surface area contributed by atoms with Crippen molar-refractivity contribution in [1.82, 2.24) is 15.0 Å². The van der Waals surface area contributed by atoms with Gasteiger partial charge in [0.2, 0.25) is 5.89 Å². The Balaban J connectivity index is 1.68. The molecule has 6 heteroatoms. The van der Waals surface area contributed by atoms with Gasteiger partial charge in [-0.25, -0.2) is 14.8 Å². The smallest absolute Gasteiger partial charge is 0.357 e. The first kappa shape index (κ1) is 13.3. The minimum Gasteiger partial charge on any atom is -0.476 e. The van der Waals surface area contributed by atoms with E-state index in [9.17, 15) is 4.79 Å². The molecular weight excluding hydrogens is 294 g/mol. The lowest BCUT2D eigenvalue weighted by molar-refractivity contribution is 0.0690. The third-order valence-electron chi connectivity index (χ3n) is 3.52. The summed E-state index contributed by atoms with van der Waals surface area (Å²) in [5.41, 5.74) is 3.41. The number of nitrogens with one attached hydrogen (secondary N) is 1. The first-order chi connectivity index (χ1) is 11.2. The Bertz CT molecular complexity index is 966. The van der Waals surface area contributed by atoms with Gasteiger partial charge in [0, 0.05) is 11.1 Å². The van der Waals surface area contributed by atoms with Gasteiger partial charge in [-0.1, -0.05) is 24.3 Å². The predicted molar refractivity (Wildman–Crippen MR) is 84.0 cm³/mol. The van der Waals surface area contributed by atoms with Crippen molar-refractivity contribution in [1.29, 1.82) is 0 Å². The summed E-state index contributed by atoms with van der Waals surface area (Å²) in [4.78, 5) is 22.6. The Morgan fingerprint density at radius 3 is 2.43 bits per heavy atom. The number of imidazole rings is 1. The number of carbonyl (C=O) groups is 1. The number of oxazole rings is 1. The normalized spacial score (nSPS) is 11.0. The number of para-hydroxylation sites is 2. The topological polar surface area (TPSA) is 92.0 Å². The number of nitrogens with zero attached hydrogens (tertiary/aromatic N) is 2. The maximum atomic E-state index is 10.8. The van der Waals surface area contributed by atoms with Crippen molar-refractivity contribution in [3.05, 3.63) is 60.5 Å². The first-order valence-corrected chi connectivity index (χ1v) is 6.95. The van der Waals surface area contributed by atoms with Crippen LogP contribution in [0.3, 0.4) is 0 Å². The fraction of sp³-hybridized carbons (Fsp3) is 0. The van der Waals surface area contributed by atoms with Crippen molar-refractivity contribution >= 4 is 17.0 Å². The maximum absolute atomic E-state index is 10.8. The first-order valence-electron chi connectivity index (χ1n) is 6.95. The molecule has 6 nitrogen and oxygen atoms in total. The lowest BCUT2D eigenvalue weighted by atomic mass is 10.1. The molecule has 0 aliphatic heterocycles. The molecule has 2 aromatic heterocycles. The van der Waals surface area contributed by atoms with Crippen LogP contribution in [0.5, 0.6) is 0 Å². The molecule has 0 saturated heterocycles. The average molecular weight is 305 g/mol. The summed E-state index contributed by atoms with van der Waals surface area (Å²) in [6, 6.07) is 15.2. The number of fused-ring (bicyclic) bond motifs is 1. The number of H-pyrrole nitrogens is 1. The third kappa shape index (κ3) is 2.36. The fourth-order valence-electron chi connectivity index (χ4n) is 2.36. The number of carboxylic acid groups (broad SMARTS) is 1. The summed E-state index contributed by atoms with van der Waals surface area (Å²) in [6.07, 6.45) is 1.13. The Hall–Kier alpha value is -3.41. The molecule has 112 valence electrons. The minimum absolute atomic E-state index is 0.110. The van der Waals surface area contributed by atoms with E-state index in [-0.39, 0.29) is 11.6 Å². The number of aromatic nitrogens is 3. The van der Waals surface area contributed by atoms with Crippen molar-refractivity contribution in [2.24, 2.45) is 0 Å². The highest BCUT2D eigenvalue weighted by atomic mass is 16.4. The van der Waals surface area contributed by atoms with Crippen molar-refractivity contribution in [2.75, 3.05) is 0 Å². The molecule has 23 heavy (non-hydrogen) atoms. The van der Waals surface area contributed by atoms with Gasteiger partial charge in [0.25, 0.3) is 0 Å². The second-order valence-electron chi connectivity index (χ2n) is 5.02. The zero-order chi connectivity index (χ0) is 15.8. The van der Waals surface area contributed by atoms with E-state index in [2.05, 4.69) is 15.0 Å². The minimum atomic E-state index is -1.11. The summed E-state index contributed by atoms with van der Waals surface area (Å²) in [6.45, 7) is 0. The van der Waals surface area contributed by atoms with E-state index >= 15 is 0 Å². The van der Waals surface area contributed by atoms with Crippen LogP contribution in [0.25, 0.3) is 33.9 Å². The summed E-state index contributed by atoms with van der Waals surface area (Å²) >= 11 is 0. The Kier molecular flexibility index (Phi) is 2.94. The quantitative estimate of drug-likeness (QED) is 0.603. The van der Waals surface area contributed by atoms with E-state index in [4.69, 9.17) is 9.52 Å². The molecule has 0 amide bonds.